The highest BCUT2D eigenvalue weighted by Gasteiger charge is 2.39. The maximum absolute atomic E-state index is 13.1. The van der Waals surface area contributed by atoms with Crippen molar-refractivity contribution in [3.63, 3.8) is 0 Å². The lowest BCUT2D eigenvalue weighted by Gasteiger charge is -2.37. The number of para-hydroxylation sites is 1. The molecule has 1 atom stereocenters. The lowest BCUT2D eigenvalue weighted by molar-refractivity contribution is -0.136. The summed E-state index contributed by atoms with van der Waals surface area (Å²) in [4.78, 5) is 31.6. The number of fused-ring (bicyclic) bond motifs is 1. The standard InChI is InChI=1S/C19H27N3O2/c1-3-9-20-10-12-21(13-11-20)19(24)17-14-15-7-5-6-8-16(15)22(17)18(23)4-2/h5-8,17H,3-4,9-14H2,1-2H3/t17-/m0/s1. The first-order valence-corrected chi connectivity index (χ1v) is 9.06. The average molecular weight is 329 g/mol. The van der Waals surface area contributed by atoms with Gasteiger partial charge in [-0.2, -0.15) is 0 Å². The van der Waals surface area contributed by atoms with Gasteiger partial charge in [-0.05, 0) is 24.6 Å². The van der Waals surface area contributed by atoms with E-state index in [0.29, 0.717) is 12.8 Å². The molecular weight excluding hydrogens is 302 g/mol. The van der Waals surface area contributed by atoms with Gasteiger partial charge in [-0.1, -0.05) is 32.0 Å². The van der Waals surface area contributed by atoms with Crippen molar-refractivity contribution in [3.8, 4) is 0 Å². The molecule has 3 rings (SSSR count). The van der Waals surface area contributed by atoms with E-state index < -0.39 is 0 Å². The summed E-state index contributed by atoms with van der Waals surface area (Å²) in [5.74, 6) is 0.132. The molecule has 1 saturated heterocycles. The SMILES string of the molecule is CCCN1CCN(C(=O)[C@@H]2Cc3ccccc3N2C(=O)CC)CC1. The van der Waals surface area contributed by atoms with E-state index >= 15 is 0 Å². The first-order chi connectivity index (χ1) is 11.7. The summed E-state index contributed by atoms with van der Waals surface area (Å²) in [5.41, 5.74) is 2.01. The van der Waals surface area contributed by atoms with Crippen LogP contribution < -0.4 is 4.90 Å². The van der Waals surface area contributed by atoms with Gasteiger partial charge in [-0.15, -0.1) is 0 Å². The van der Waals surface area contributed by atoms with E-state index in [-0.39, 0.29) is 17.9 Å². The number of carbonyl (C=O) groups is 2. The monoisotopic (exact) mass is 329 g/mol. The molecule has 0 aromatic heterocycles. The van der Waals surface area contributed by atoms with E-state index in [2.05, 4.69) is 11.8 Å². The van der Waals surface area contributed by atoms with Gasteiger partial charge in [0.05, 0.1) is 0 Å². The van der Waals surface area contributed by atoms with Gasteiger partial charge in [0.1, 0.15) is 6.04 Å². The van der Waals surface area contributed by atoms with Gasteiger partial charge in [-0.3, -0.25) is 19.4 Å². The second-order valence-electron chi connectivity index (χ2n) is 6.63. The summed E-state index contributed by atoms with van der Waals surface area (Å²) in [6.45, 7) is 8.52. The second-order valence-corrected chi connectivity index (χ2v) is 6.63. The molecule has 2 aliphatic rings. The third-order valence-electron chi connectivity index (χ3n) is 5.06. The molecular formula is C19H27N3O2. The van der Waals surface area contributed by atoms with Crippen molar-refractivity contribution in [2.75, 3.05) is 37.6 Å². The minimum absolute atomic E-state index is 0.0305. The number of piperazine rings is 1. The van der Waals surface area contributed by atoms with Crippen LogP contribution in [0.4, 0.5) is 5.69 Å². The molecule has 2 heterocycles. The molecule has 1 aromatic carbocycles. The highest BCUT2D eigenvalue weighted by molar-refractivity contribution is 6.03. The van der Waals surface area contributed by atoms with Crippen LogP contribution in [0.2, 0.25) is 0 Å². The number of amides is 2. The Labute approximate surface area is 144 Å². The van der Waals surface area contributed by atoms with Gasteiger partial charge in [-0.25, -0.2) is 0 Å². The highest BCUT2D eigenvalue weighted by Crippen LogP contribution is 2.33. The Morgan fingerprint density at radius 2 is 1.79 bits per heavy atom. The molecule has 0 bridgehead atoms. The minimum atomic E-state index is -0.368. The number of hydrogen-bond donors (Lipinski definition) is 0. The average Bonchev–Trinajstić information content (AvgIpc) is 3.01. The molecule has 2 aliphatic heterocycles. The van der Waals surface area contributed by atoms with E-state index in [4.69, 9.17) is 0 Å². The Balaban J connectivity index is 1.74. The molecule has 1 fully saturated rings. The van der Waals surface area contributed by atoms with E-state index in [1.165, 1.54) is 0 Å². The lowest BCUT2D eigenvalue weighted by atomic mass is 10.1. The van der Waals surface area contributed by atoms with Crippen LogP contribution in [0, 0.1) is 0 Å². The van der Waals surface area contributed by atoms with Crippen molar-refractivity contribution in [1.82, 2.24) is 9.80 Å². The number of nitrogens with zero attached hydrogens (tertiary/aromatic N) is 3. The molecule has 5 heteroatoms. The van der Waals surface area contributed by atoms with Crippen LogP contribution in [0.1, 0.15) is 32.3 Å². The van der Waals surface area contributed by atoms with Gasteiger partial charge < -0.3 is 4.90 Å². The Hall–Kier alpha value is -1.88. The summed E-state index contributed by atoms with van der Waals surface area (Å²) >= 11 is 0. The molecule has 5 nitrogen and oxygen atoms in total. The summed E-state index contributed by atoms with van der Waals surface area (Å²) in [7, 11) is 0. The maximum atomic E-state index is 13.1. The largest absolute Gasteiger partial charge is 0.338 e. The molecule has 0 unspecified atom stereocenters. The van der Waals surface area contributed by atoms with Gasteiger partial charge in [0.15, 0.2) is 0 Å². The predicted molar refractivity (Wildman–Crippen MR) is 95.0 cm³/mol. The zero-order valence-corrected chi connectivity index (χ0v) is 14.7. The molecule has 0 saturated carbocycles. The number of benzene rings is 1. The third-order valence-corrected chi connectivity index (χ3v) is 5.06. The Morgan fingerprint density at radius 1 is 1.08 bits per heavy atom. The molecule has 0 radical (unpaired) electrons. The maximum Gasteiger partial charge on any atom is 0.246 e. The zero-order chi connectivity index (χ0) is 17.1. The van der Waals surface area contributed by atoms with Crippen LogP contribution in [-0.2, 0) is 16.0 Å². The van der Waals surface area contributed by atoms with E-state index in [9.17, 15) is 9.59 Å². The summed E-state index contributed by atoms with van der Waals surface area (Å²) in [6.07, 6.45) is 2.20. The Morgan fingerprint density at radius 3 is 2.46 bits per heavy atom. The predicted octanol–water partition coefficient (Wildman–Crippen LogP) is 1.91. The summed E-state index contributed by atoms with van der Waals surface area (Å²) < 4.78 is 0. The van der Waals surface area contributed by atoms with E-state index in [1.807, 2.05) is 36.1 Å². The van der Waals surface area contributed by atoms with Gasteiger partial charge in [0.25, 0.3) is 0 Å². The fraction of sp³-hybridized carbons (Fsp3) is 0.579. The second kappa shape index (κ2) is 7.34. The molecule has 0 spiro atoms. The molecule has 24 heavy (non-hydrogen) atoms. The van der Waals surface area contributed by atoms with Crippen molar-refractivity contribution in [3.05, 3.63) is 29.8 Å². The van der Waals surface area contributed by atoms with Crippen molar-refractivity contribution < 1.29 is 9.59 Å². The first-order valence-electron chi connectivity index (χ1n) is 9.06. The fourth-order valence-electron chi connectivity index (χ4n) is 3.78. The number of carbonyl (C=O) groups excluding carboxylic acids is 2. The van der Waals surface area contributed by atoms with Gasteiger partial charge >= 0.3 is 0 Å². The van der Waals surface area contributed by atoms with Gasteiger partial charge in [0.2, 0.25) is 11.8 Å². The minimum Gasteiger partial charge on any atom is -0.338 e. The third kappa shape index (κ3) is 3.18. The number of hydrogen-bond acceptors (Lipinski definition) is 3. The van der Waals surface area contributed by atoms with Crippen molar-refractivity contribution in [1.29, 1.82) is 0 Å². The number of anilines is 1. The summed E-state index contributed by atoms with van der Waals surface area (Å²) in [6, 6.07) is 7.52. The van der Waals surface area contributed by atoms with Crippen LogP contribution in [0.3, 0.4) is 0 Å². The topological polar surface area (TPSA) is 43.9 Å². The van der Waals surface area contributed by atoms with Crippen molar-refractivity contribution in [2.45, 2.75) is 39.2 Å². The van der Waals surface area contributed by atoms with Crippen LogP contribution in [0.25, 0.3) is 0 Å². The van der Waals surface area contributed by atoms with Crippen LogP contribution in [0.15, 0.2) is 24.3 Å². The van der Waals surface area contributed by atoms with Crippen molar-refractivity contribution >= 4 is 17.5 Å². The Kier molecular flexibility index (Phi) is 5.19. The van der Waals surface area contributed by atoms with Crippen LogP contribution in [-0.4, -0.2) is 60.4 Å². The van der Waals surface area contributed by atoms with E-state index in [1.54, 1.807) is 4.90 Å². The van der Waals surface area contributed by atoms with E-state index in [0.717, 1.165) is 50.4 Å². The molecule has 1 aromatic rings. The number of rotatable bonds is 4. The van der Waals surface area contributed by atoms with Crippen LogP contribution in [0.5, 0.6) is 0 Å². The summed E-state index contributed by atoms with van der Waals surface area (Å²) in [5, 5.41) is 0. The van der Waals surface area contributed by atoms with Gasteiger partial charge in [0, 0.05) is 44.7 Å². The van der Waals surface area contributed by atoms with Crippen molar-refractivity contribution in [2.24, 2.45) is 0 Å². The molecule has 0 N–H and O–H groups in total. The highest BCUT2D eigenvalue weighted by atomic mass is 16.2. The fourth-order valence-corrected chi connectivity index (χ4v) is 3.78. The Bertz CT molecular complexity index is 608. The normalized spacial score (nSPS) is 21.0. The smallest absolute Gasteiger partial charge is 0.246 e. The first kappa shape index (κ1) is 17.0. The molecule has 2 amide bonds. The molecule has 0 aliphatic carbocycles. The van der Waals surface area contributed by atoms with Crippen LogP contribution >= 0.6 is 0 Å². The molecule has 130 valence electrons. The quantitative estimate of drug-likeness (QED) is 0.847. The lowest BCUT2D eigenvalue weighted by Crippen LogP contribution is -2.55. The zero-order valence-electron chi connectivity index (χ0n) is 14.7.